The van der Waals surface area contributed by atoms with Gasteiger partial charge in [0, 0.05) is 24.7 Å². The van der Waals surface area contributed by atoms with Gasteiger partial charge < -0.3 is 20.3 Å². The lowest BCUT2D eigenvalue weighted by atomic mass is 10.1. The van der Waals surface area contributed by atoms with E-state index in [1.54, 1.807) is 4.57 Å². The number of anilines is 1. The van der Waals surface area contributed by atoms with Crippen LogP contribution >= 0.6 is 12.4 Å². The van der Waals surface area contributed by atoms with Crippen molar-refractivity contribution in [3.63, 3.8) is 0 Å². The predicted molar refractivity (Wildman–Crippen MR) is 98.1 cm³/mol. The Morgan fingerprint density at radius 1 is 1.37 bits per heavy atom. The van der Waals surface area contributed by atoms with Crippen LogP contribution in [-0.4, -0.2) is 46.4 Å². The molecular weight excluding hydrogens is 382 g/mol. The topological polar surface area (TPSA) is 101 Å². The second-order valence-electron chi connectivity index (χ2n) is 6.90. The number of hydrogen-bond donors (Lipinski definition) is 2. The lowest BCUT2D eigenvalue weighted by Gasteiger charge is -2.19. The van der Waals surface area contributed by atoms with Crippen LogP contribution in [0.25, 0.3) is 11.0 Å². The molecular formula is C17H19ClF2N4O3. The molecule has 10 heteroatoms. The molecule has 2 fully saturated rings. The summed E-state index contributed by atoms with van der Waals surface area (Å²) < 4.78 is 30.3. The van der Waals surface area contributed by atoms with Crippen molar-refractivity contribution in [1.82, 2.24) is 9.55 Å². The van der Waals surface area contributed by atoms with Crippen LogP contribution in [0.3, 0.4) is 0 Å². The molecule has 1 aliphatic carbocycles. The van der Waals surface area contributed by atoms with E-state index in [0.717, 1.165) is 18.9 Å². The summed E-state index contributed by atoms with van der Waals surface area (Å²) in [6, 6.07) is 1.04. The summed E-state index contributed by atoms with van der Waals surface area (Å²) >= 11 is 0. The third-order valence-electron chi connectivity index (χ3n) is 5.07. The number of fused-ring (bicyclic) bond motifs is 1. The molecule has 3 N–H and O–H groups in total. The van der Waals surface area contributed by atoms with E-state index in [4.69, 9.17) is 5.73 Å². The first-order valence-corrected chi connectivity index (χ1v) is 8.48. The van der Waals surface area contributed by atoms with E-state index in [1.807, 2.05) is 0 Å². The SMILES string of the molecule is Cl.NC[C@@H]1CN(c2nc3c(cc2F)c(=O)c(C(=O)O)cn3C2CC2)C[C@@H]1F. The van der Waals surface area contributed by atoms with E-state index in [-0.39, 0.29) is 54.9 Å². The summed E-state index contributed by atoms with van der Waals surface area (Å²) in [4.78, 5) is 29.5. The van der Waals surface area contributed by atoms with E-state index in [0.29, 0.717) is 0 Å². The first-order chi connectivity index (χ1) is 12.4. The maximum atomic E-state index is 14.6. The molecule has 2 aromatic heterocycles. The van der Waals surface area contributed by atoms with Crippen LogP contribution in [0, 0.1) is 11.7 Å². The number of rotatable bonds is 4. The Bertz CT molecular complexity index is 963. The molecule has 0 spiro atoms. The van der Waals surface area contributed by atoms with E-state index in [1.165, 1.54) is 11.1 Å². The molecule has 27 heavy (non-hydrogen) atoms. The molecule has 7 nitrogen and oxygen atoms in total. The summed E-state index contributed by atoms with van der Waals surface area (Å²) in [5.74, 6) is -2.56. The smallest absolute Gasteiger partial charge is 0.341 e. The number of nitrogens with two attached hydrogens (primary N) is 1. The highest BCUT2D eigenvalue weighted by Crippen LogP contribution is 2.37. The number of carbonyl (C=O) groups is 1. The van der Waals surface area contributed by atoms with E-state index in [2.05, 4.69) is 4.98 Å². The van der Waals surface area contributed by atoms with Crippen molar-refractivity contribution in [2.75, 3.05) is 24.5 Å². The number of nitrogens with zero attached hydrogens (tertiary/aromatic N) is 3. The standard InChI is InChI=1S/C17H18F2N4O3.ClH/c18-12-3-10-14(24)11(17(25)26)6-23(9-1-2-9)15(10)21-16(12)22-5-8(4-20)13(19)7-22;/h3,6,8-9,13H,1-2,4-5,7,20H2,(H,25,26);1H/t8-,13+;/m1./s1. The molecule has 0 unspecified atom stereocenters. The number of hydrogen-bond acceptors (Lipinski definition) is 5. The lowest BCUT2D eigenvalue weighted by Crippen LogP contribution is -2.26. The minimum atomic E-state index is -1.36. The van der Waals surface area contributed by atoms with Gasteiger partial charge in [0.15, 0.2) is 11.6 Å². The molecule has 0 radical (unpaired) electrons. The molecule has 2 aromatic rings. The van der Waals surface area contributed by atoms with Crippen molar-refractivity contribution in [2.24, 2.45) is 11.7 Å². The zero-order valence-corrected chi connectivity index (χ0v) is 15.1. The van der Waals surface area contributed by atoms with Gasteiger partial charge in [0.2, 0.25) is 5.43 Å². The van der Waals surface area contributed by atoms with E-state index >= 15 is 0 Å². The molecule has 0 amide bonds. The van der Waals surface area contributed by atoms with Gasteiger partial charge in [-0.1, -0.05) is 0 Å². The molecule has 4 rings (SSSR count). The van der Waals surface area contributed by atoms with Crippen molar-refractivity contribution in [2.45, 2.75) is 25.1 Å². The summed E-state index contributed by atoms with van der Waals surface area (Å²) in [5.41, 5.74) is 4.59. The minimum Gasteiger partial charge on any atom is -0.477 e. The van der Waals surface area contributed by atoms with Gasteiger partial charge in [-0.15, -0.1) is 12.4 Å². The molecule has 146 valence electrons. The number of halogens is 3. The number of aromatic nitrogens is 2. The Balaban J connectivity index is 0.00000210. The normalized spacial score (nSPS) is 22.1. The highest BCUT2D eigenvalue weighted by Gasteiger charge is 2.35. The molecule has 3 heterocycles. The third kappa shape index (κ3) is 3.25. The number of pyridine rings is 2. The van der Waals surface area contributed by atoms with Gasteiger partial charge >= 0.3 is 5.97 Å². The number of aromatic carboxylic acids is 1. The van der Waals surface area contributed by atoms with Crippen molar-refractivity contribution in [1.29, 1.82) is 0 Å². The fourth-order valence-electron chi connectivity index (χ4n) is 3.47. The average molecular weight is 401 g/mol. The Morgan fingerprint density at radius 3 is 2.63 bits per heavy atom. The Kier molecular flexibility index (Phi) is 5.09. The van der Waals surface area contributed by atoms with Gasteiger partial charge in [0.05, 0.1) is 11.9 Å². The van der Waals surface area contributed by atoms with Gasteiger partial charge in [-0.25, -0.2) is 18.6 Å². The monoisotopic (exact) mass is 400 g/mol. The van der Waals surface area contributed by atoms with Gasteiger partial charge in [-0.05, 0) is 25.5 Å². The molecule has 1 saturated carbocycles. The average Bonchev–Trinajstić information content (AvgIpc) is 3.37. The third-order valence-corrected chi connectivity index (χ3v) is 5.07. The molecule has 1 aliphatic heterocycles. The quantitative estimate of drug-likeness (QED) is 0.810. The zero-order chi connectivity index (χ0) is 18.6. The summed E-state index contributed by atoms with van der Waals surface area (Å²) in [6.07, 6.45) is 1.76. The summed E-state index contributed by atoms with van der Waals surface area (Å²) in [6.45, 7) is 0.383. The van der Waals surface area contributed by atoms with Crippen molar-refractivity contribution in [3.05, 3.63) is 33.9 Å². The highest BCUT2D eigenvalue weighted by atomic mass is 35.5. The second kappa shape index (κ2) is 7.05. The summed E-state index contributed by atoms with van der Waals surface area (Å²) in [5, 5.41) is 9.17. The fourth-order valence-corrected chi connectivity index (χ4v) is 3.47. The van der Waals surface area contributed by atoms with Crippen LogP contribution in [0.4, 0.5) is 14.6 Å². The van der Waals surface area contributed by atoms with Crippen molar-refractivity contribution in [3.8, 4) is 0 Å². The maximum Gasteiger partial charge on any atom is 0.341 e. The molecule has 0 bridgehead atoms. The van der Waals surface area contributed by atoms with Crippen LogP contribution < -0.4 is 16.1 Å². The van der Waals surface area contributed by atoms with Gasteiger partial charge in [-0.2, -0.15) is 0 Å². The van der Waals surface area contributed by atoms with Gasteiger partial charge in [0.1, 0.15) is 17.4 Å². The Morgan fingerprint density at radius 2 is 2.07 bits per heavy atom. The van der Waals surface area contributed by atoms with Crippen molar-refractivity contribution >= 4 is 35.2 Å². The number of carboxylic acids is 1. The zero-order valence-electron chi connectivity index (χ0n) is 14.3. The highest BCUT2D eigenvalue weighted by molar-refractivity contribution is 5.92. The molecule has 2 atom stereocenters. The van der Waals surface area contributed by atoms with Crippen LogP contribution in [-0.2, 0) is 0 Å². The van der Waals surface area contributed by atoms with Gasteiger partial charge in [0.25, 0.3) is 0 Å². The van der Waals surface area contributed by atoms with E-state index < -0.39 is 34.9 Å². The number of carboxylic acid groups (broad SMARTS) is 1. The second-order valence-corrected chi connectivity index (χ2v) is 6.90. The van der Waals surface area contributed by atoms with E-state index in [9.17, 15) is 23.5 Å². The van der Waals surface area contributed by atoms with Crippen LogP contribution in [0.5, 0.6) is 0 Å². The minimum absolute atomic E-state index is 0. The maximum absolute atomic E-state index is 14.6. The van der Waals surface area contributed by atoms with Crippen LogP contribution in [0.2, 0.25) is 0 Å². The molecule has 1 saturated heterocycles. The Labute approximate surface area is 159 Å². The predicted octanol–water partition coefficient (Wildman–Crippen LogP) is 1.72. The fraction of sp³-hybridized carbons (Fsp3) is 0.471. The Hall–Kier alpha value is -2.26. The first-order valence-electron chi connectivity index (χ1n) is 8.48. The molecule has 2 aliphatic rings. The van der Waals surface area contributed by atoms with Crippen LogP contribution in [0.1, 0.15) is 29.2 Å². The van der Waals surface area contributed by atoms with Gasteiger partial charge in [-0.3, -0.25) is 4.79 Å². The first kappa shape index (κ1) is 19.5. The lowest BCUT2D eigenvalue weighted by molar-refractivity contribution is 0.0695. The molecule has 0 aromatic carbocycles. The van der Waals surface area contributed by atoms with Crippen molar-refractivity contribution < 1.29 is 18.7 Å². The number of alkyl halides is 1. The summed E-state index contributed by atoms with van der Waals surface area (Å²) in [7, 11) is 0. The van der Waals surface area contributed by atoms with Crippen LogP contribution in [0.15, 0.2) is 17.1 Å². The largest absolute Gasteiger partial charge is 0.477 e.